The fraction of sp³-hybridized carbons (Fsp3) is 0.500. The number of hydrogen-bond donors (Lipinski definition) is 0. The zero-order chi connectivity index (χ0) is 17.6. The number of benzene rings is 1. The minimum absolute atomic E-state index is 0.00365. The van der Waals surface area contributed by atoms with Crippen LogP contribution in [-0.2, 0) is 19.9 Å². The van der Waals surface area contributed by atoms with Gasteiger partial charge in [0.2, 0.25) is 0 Å². The Labute approximate surface area is 148 Å². The van der Waals surface area contributed by atoms with Crippen molar-refractivity contribution in [2.75, 3.05) is 24.6 Å². The number of carbonyl (C=O) groups is 2. The van der Waals surface area contributed by atoms with Crippen molar-refractivity contribution in [2.24, 2.45) is 5.92 Å². The molecule has 0 N–H and O–H groups in total. The number of fused-ring (bicyclic) bond motifs is 4. The highest BCUT2D eigenvalue weighted by molar-refractivity contribution is 6.10. The van der Waals surface area contributed by atoms with Crippen LogP contribution in [0.2, 0.25) is 0 Å². The second-order valence-electron chi connectivity index (χ2n) is 7.02. The van der Waals surface area contributed by atoms with Gasteiger partial charge >= 0.3 is 5.97 Å². The summed E-state index contributed by atoms with van der Waals surface area (Å²) in [5.41, 5.74) is 0.936. The molecule has 25 heavy (non-hydrogen) atoms. The summed E-state index contributed by atoms with van der Waals surface area (Å²) in [4.78, 5) is 30.5. The van der Waals surface area contributed by atoms with Crippen molar-refractivity contribution in [3.8, 4) is 0 Å². The number of nitrogens with zero attached hydrogens (tertiary/aromatic N) is 2. The summed E-state index contributed by atoms with van der Waals surface area (Å²) >= 11 is 0. The summed E-state index contributed by atoms with van der Waals surface area (Å²) in [7, 11) is 0. The topological polar surface area (TPSA) is 49.9 Å². The van der Waals surface area contributed by atoms with E-state index in [-0.39, 0.29) is 17.9 Å². The van der Waals surface area contributed by atoms with Crippen molar-refractivity contribution in [1.29, 1.82) is 0 Å². The first-order valence-electron chi connectivity index (χ1n) is 9.12. The van der Waals surface area contributed by atoms with Crippen LogP contribution in [0.25, 0.3) is 0 Å². The van der Waals surface area contributed by atoms with E-state index in [1.165, 1.54) is 0 Å². The molecule has 0 bridgehead atoms. The van der Waals surface area contributed by atoms with Gasteiger partial charge in [0.1, 0.15) is 5.54 Å². The highest BCUT2D eigenvalue weighted by Gasteiger charge is 2.67. The molecule has 3 heterocycles. The molecule has 132 valence electrons. The van der Waals surface area contributed by atoms with Gasteiger partial charge in [-0.25, -0.2) is 0 Å². The van der Waals surface area contributed by atoms with E-state index in [0.717, 1.165) is 30.6 Å². The molecule has 1 amide bonds. The summed E-state index contributed by atoms with van der Waals surface area (Å²) in [5, 5.41) is 0. The van der Waals surface area contributed by atoms with E-state index in [0.29, 0.717) is 19.6 Å². The molecular weight excluding hydrogens is 316 g/mol. The van der Waals surface area contributed by atoms with Crippen LogP contribution in [0, 0.1) is 5.92 Å². The number of amides is 1. The molecule has 5 heteroatoms. The highest BCUT2D eigenvalue weighted by atomic mass is 16.5. The van der Waals surface area contributed by atoms with Crippen LogP contribution in [0.1, 0.15) is 31.7 Å². The molecule has 1 aromatic carbocycles. The maximum atomic E-state index is 13.7. The number of ether oxygens (including phenoxy) is 1. The van der Waals surface area contributed by atoms with Gasteiger partial charge in [-0.1, -0.05) is 24.3 Å². The van der Waals surface area contributed by atoms with Crippen molar-refractivity contribution in [3.63, 3.8) is 0 Å². The van der Waals surface area contributed by atoms with Crippen molar-refractivity contribution >= 4 is 17.6 Å². The molecule has 3 aliphatic rings. The van der Waals surface area contributed by atoms with E-state index < -0.39 is 11.5 Å². The summed E-state index contributed by atoms with van der Waals surface area (Å²) in [5.74, 6) is -0.697. The maximum absolute atomic E-state index is 13.7. The van der Waals surface area contributed by atoms with E-state index in [1.807, 2.05) is 31.2 Å². The Balaban J connectivity index is 1.90. The first-order valence-corrected chi connectivity index (χ1v) is 9.12. The third-order valence-corrected chi connectivity index (χ3v) is 5.90. The third-order valence-electron chi connectivity index (χ3n) is 5.90. The second kappa shape index (κ2) is 5.99. The Bertz CT molecular complexity index is 731. The maximum Gasteiger partial charge on any atom is 0.311 e. The van der Waals surface area contributed by atoms with Gasteiger partial charge in [-0.05, 0) is 38.8 Å². The van der Waals surface area contributed by atoms with Gasteiger partial charge in [0.25, 0.3) is 5.91 Å². The lowest BCUT2D eigenvalue weighted by Crippen LogP contribution is -2.55. The number of rotatable bonds is 4. The quantitative estimate of drug-likeness (QED) is 0.624. The van der Waals surface area contributed by atoms with Crippen LogP contribution in [-0.4, -0.2) is 42.5 Å². The number of hydrogen-bond acceptors (Lipinski definition) is 4. The van der Waals surface area contributed by atoms with Gasteiger partial charge < -0.3 is 9.64 Å². The van der Waals surface area contributed by atoms with Gasteiger partial charge in [-0.2, -0.15) is 0 Å². The lowest BCUT2D eigenvalue weighted by molar-refractivity contribution is -0.155. The minimum atomic E-state index is -0.910. The predicted octanol–water partition coefficient (Wildman–Crippen LogP) is 2.46. The molecule has 1 spiro atoms. The summed E-state index contributed by atoms with van der Waals surface area (Å²) in [6.45, 7) is 7.25. The second-order valence-corrected chi connectivity index (χ2v) is 7.02. The van der Waals surface area contributed by atoms with Crippen molar-refractivity contribution in [2.45, 2.75) is 37.8 Å². The van der Waals surface area contributed by atoms with E-state index in [2.05, 4.69) is 11.5 Å². The fourth-order valence-corrected chi connectivity index (χ4v) is 5.08. The lowest BCUT2D eigenvalue weighted by atomic mass is 9.79. The molecule has 5 nitrogen and oxygen atoms in total. The standard InChI is InChI=1S/C20H24N2O3/c1-3-11-21-17-10-6-5-9-15(17)20(19(21)24)16(18(23)25-4-2)13-14-8-7-12-22(14)20/h3,5-6,9-10,14,16H,1,4,7-8,11-13H2,2H3. The van der Waals surface area contributed by atoms with E-state index in [4.69, 9.17) is 4.74 Å². The Hall–Kier alpha value is -2.14. The molecule has 2 fully saturated rings. The molecule has 3 unspecified atom stereocenters. The molecule has 0 saturated carbocycles. The van der Waals surface area contributed by atoms with Crippen LogP contribution >= 0.6 is 0 Å². The van der Waals surface area contributed by atoms with Gasteiger partial charge in [0.05, 0.1) is 12.5 Å². The monoisotopic (exact) mass is 340 g/mol. The number of esters is 1. The molecule has 0 aliphatic carbocycles. The molecule has 0 radical (unpaired) electrons. The molecule has 3 aliphatic heterocycles. The largest absolute Gasteiger partial charge is 0.466 e. The van der Waals surface area contributed by atoms with E-state index >= 15 is 0 Å². The third kappa shape index (κ3) is 2.05. The first kappa shape index (κ1) is 16.3. The average Bonchev–Trinajstić information content (AvgIpc) is 3.25. The number of anilines is 1. The fourth-order valence-electron chi connectivity index (χ4n) is 5.08. The van der Waals surface area contributed by atoms with Crippen molar-refractivity contribution in [3.05, 3.63) is 42.5 Å². The Morgan fingerprint density at radius 3 is 3.00 bits per heavy atom. The number of para-hydroxylation sites is 1. The molecule has 2 saturated heterocycles. The van der Waals surface area contributed by atoms with Crippen LogP contribution < -0.4 is 4.90 Å². The van der Waals surface area contributed by atoms with Gasteiger partial charge in [-0.3, -0.25) is 14.5 Å². The molecular formula is C20H24N2O3. The molecule has 4 rings (SSSR count). The molecule has 1 aromatic rings. The van der Waals surface area contributed by atoms with Crippen LogP contribution in [0.3, 0.4) is 0 Å². The molecule has 3 atom stereocenters. The summed E-state index contributed by atoms with van der Waals surface area (Å²) in [6, 6.07) is 8.14. The van der Waals surface area contributed by atoms with Crippen LogP contribution in [0.4, 0.5) is 5.69 Å². The van der Waals surface area contributed by atoms with Gasteiger partial charge in [-0.15, -0.1) is 6.58 Å². The zero-order valence-electron chi connectivity index (χ0n) is 14.6. The van der Waals surface area contributed by atoms with Crippen LogP contribution in [0.5, 0.6) is 0 Å². The van der Waals surface area contributed by atoms with E-state index in [9.17, 15) is 9.59 Å². The smallest absolute Gasteiger partial charge is 0.311 e. The van der Waals surface area contributed by atoms with Gasteiger partial charge in [0.15, 0.2) is 0 Å². The first-order chi connectivity index (χ1) is 12.2. The summed E-state index contributed by atoms with van der Waals surface area (Å²) < 4.78 is 5.38. The average molecular weight is 340 g/mol. The minimum Gasteiger partial charge on any atom is -0.466 e. The number of carbonyl (C=O) groups excluding carboxylic acids is 2. The normalized spacial score (nSPS) is 30.6. The van der Waals surface area contributed by atoms with E-state index in [1.54, 1.807) is 11.0 Å². The summed E-state index contributed by atoms with van der Waals surface area (Å²) in [6.07, 6.45) is 4.54. The zero-order valence-corrected chi connectivity index (χ0v) is 14.6. The highest BCUT2D eigenvalue weighted by Crippen LogP contribution is 2.57. The Morgan fingerprint density at radius 1 is 1.44 bits per heavy atom. The Kier molecular flexibility index (Phi) is 3.91. The Morgan fingerprint density at radius 2 is 2.24 bits per heavy atom. The van der Waals surface area contributed by atoms with Crippen molar-refractivity contribution in [1.82, 2.24) is 4.90 Å². The predicted molar refractivity (Wildman–Crippen MR) is 95.1 cm³/mol. The molecule has 0 aromatic heterocycles. The SMILES string of the molecule is C=CCN1C(=O)C2(c3ccccc31)C(C(=O)OCC)CC1CCCN12. The van der Waals surface area contributed by atoms with Crippen molar-refractivity contribution < 1.29 is 14.3 Å². The lowest BCUT2D eigenvalue weighted by Gasteiger charge is -2.36. The van der Waals surface area contributed by atoms with Gasteiger partial charge in [0, 0.05) is 23.8 Å². The van der Waals surface area contributed by atoms with Crippen LogP contribution in [0.15, 0.2) is 36.9 Å².